The van der Waals surface area contributed by atoms with E-state index >= 15 is 0 Å². The fourth-order valence-electron chi connectivity index (χ4n) is 5.76. The van der Waals surface area contributed by atoms with Crippen LogP contribution in [0.2, 0.25) is 0 Å². The molecule has 2 amide bonds. The fourth-order valence-corrected chi connectivity index (χ4v) is 5.76. The van der Waals surface area contributed by atoms with E-state index in [1.165, 1.54) is 24.0 Å². The molecule has 3 aliphatic rings. The Balaban J connectivity index is 1.18. The lowest BCUT2D eigenvalue weighted by atomic mass is 9.90. The van der Waals surface area contributed by atoms with Crippen molar-refractivity contribution in [1.82, 2.24) is 24.9 Å². The van der Waals surface area contributed by atoms with Crippen LogP contribution in [0.1, 0.15) is 65.7 Å². The highest BCUT2D eigenvalue weighted by molar-refractivity contribution is 5.95. The summed E-state index contributed by atoms with van der Waals surface area (Å²) in [6.07, 6.45) is 6.78. The molecule has 7 heteroatoms. The average Bonchev–Trinajstić information content (AvgIpc) is 3.33. The summed E-state index contributed by atoms with van der Waals surface area (Å²) in [6.45, 7) is 7.76. The molecule has 2 aromatic rings. The Labute approximate surface area is 196 Å². The van der Waals surface area contributed by atoms with Gasteiger partial charge in [-0.25, -0.2) is 0 Å². The van der Waals surface area contributed by atoms with E-state index in [1.807, 2.05) is 15.9 Å². The molecule has 1 N–H and O–H groups in total. The standard InChI is InChI=1S/C26H35N5O2/c1-19-5-4-11-29(16-19)18-24(32)30-12-9-21(10-13-30)25-23(15-27-28-25)26(33)31-14-8-20-6-2-3-7-22(20)17-31/h2-3,6-7,15,19,21H,4-5,8-14,16-18H2,1H3,(H,27,28)/t19-/m1/s1. The zero-order valence-electron chi connectivity index (χ0n) is 19.6. The summed E-state index contributed by atoms with van der Waals surface area (Å²) in [5, 5.41) is 7.36. The van der Waals surface area contributed by atoms with Crippen LogP contribution in [0.3, 0.4) is 0 Å². The number of aromatic amines is 1. The van der Waals surface area contributed by atoms with Gasteiger partial charge in [0.15, 0.2) is 0 Å². The first-order valence-electron chi connectivity index (χ1n) is 12.5. The Morgan fingerprint density at radius 1 is 1.03 bits per heavy atom. The van der Waals surface area contributed by atoms with E-state index in [0.717, 1.165) is 57.7 Å². The Hall–Kier alpha value is -2.67. The number of H-pyrrole nitrogens is 1. The first kappa shape index (κ1) is 22.1. The molecular formula is C26H35N5O2. The topological polar surface area (TPSA) is 72.5 Å². The van der Waals surface area contributed by atoms with Crippen molar-refractivity contribution in [2.24, 2.45) is 5.92 Å². The van der Waals surface area contributed by atoms with E-state index in [2.05, 4.69) is 40.2 Å². The van der Waals surface area contributed by atoms with Gasteiger partial charge in [-0.3, -0.25) is 19.6 Å². The van der Waals surface area contributed by atoms with Crippen molar-refractivity contribution in [3.05, 3.63) is 52.8 Å². The number of carbonyl (C=O) groups excluding carboxylic acids is 2. The molecule has 4 heterocycles. The Morgan fingerprint density at radius 3 is 2.61 bits per heavy atom. The maximum absolute atomic E-state index is 13.4. The highest BCUT2D eigenvalue weighted by Crippen LogP contribution is 2.30. The number of likely N-dealkylation sites (tertiary alicyclic amines) is 2. The highest BCUT2D eigenvalue weighted by atomic mass is 16.2. The third-order valence-electron chi connectivity index (χ3n) is 7.67. The van der Waals surface area contributed by atoms with E-state index in [1.54, 1.807) is 6.20 Å². The minimum atomic E-state index is 0.0611. The maximum atomic E-state index is 13.4. The lowest BCUT2D eigenvalue weighted by Crippen LogP contribution is -2.46. The van der Waals surface area contributed by atoms with Crippen molar-refractivity contribution in [2.45, 2.75) is 51.5 Å². The van der Waals surface area contributed by atoms with Crippen LogP contribution in [0.4, 0.5) is 0 Å². The number of benzene rings is 1. The van der Waals surface area contributed by atoms with E-state index in [4.69, 9.17) is 0 Å². The van der Waals surface area contributed by atoms with Gasteiger partial charge in [-0.1, -0.05) is 31.2 Å². The average molecular weight is 450 g/mol. The van der Waals surface area contributed by atoms with Gasteiger partial charge in [0.2, 0.25) is 5.91 Å². The second-order valence-corrected chi connectivity index (χ2v) is 10.1. The van der Waals surface area contributed by atoms with Gasteiger partial charge in [-0.2, -0.15) is 5.10 Å². The number of nitrogens with zero attached hydrogens (tertiary/aromatic N) is 4. The molecule has 0 aliphatic carbocycles. The monoisotopic (exact) mass is 449 g/mol. The first-order valence-corrected chi connectivity index (χ1v) is 12.5. The van der Waals surface area contributed by atoms with Crippen LogP contribution in [0.5, 0.6) is 0 Å². The summed E-state index contributed by atoms with van der Waals surface area (Å²) in [5.74, 6) is 1.23. The highest BCUT2D eigenvalue weighted by Gasteiger charge is 2.31. The molecule has 0 radical (unpaired) electrons. The van der Waals surface area contributed by atoms with Crippen molar-refractivity contribution in [3.63, 3.8) is 0 Å². The molecule has 33 heavy (non-hydrogen) atoms. The van der Waals surface area contributed by atoms with E-state index < -0.39 is 0 Å². The minimum absolute atomic E-state index is 0.0611. The fraction of sp³-hybridized carbons (Fsp3) is 0.577. The molecule has 7 nitrogen and oxygen atoms in total. The number of aromatic nitrogens is 2. The summed E-state index contributed by atoms with van der Waals surface area (Å²) >= 11 is 0. The molecule has 2 fully saturated rings. The van der Waals surface area contributed by atoms with Crippen LogP contribution >= 0.6 is 0 Å². The number of fused-ring (bicyclic) bond motifs is 1. The number of amides is 2. The first-order chi connectivity index (χ1) is 16.1. The van der Waals surface area contributed by atoms with Crippen molar-refractivity contribution < 1.29 is 9.59 Å². The van der Waals surface area contributed by atoms with Crippen LogP contribution in [-0.4, -0.2) is 76.0 Å². The largest absolute Gasteiger partial charge is 0.342 e. The second kappa shape index (κ2) is 9.67. The summed E-state index contributed by atoms with van der Waals surface area (Å²) in [4.78, 5) is 32.5. The Morgan fingerprint density at radius 2 is 1.82 bits per heavy atom. The summed E-state index contributed by atoms with van der Waals surface area (Å²) in [6, 6.07) is 8.37. The van der Waals surface area contributed by atoms with Crippen LogP contribution in [0, 0.1) is 5.92 Å². The van der Waals surface area contributed by atoms with Gasteiger partial charge in [0.1, 0.15) is 0 Å². The molecule has 1 aromatic carbocycles. The molecule has 3 aliphatic heterocycles. The minimum Gasteiger partial charge on any atom is -0.342 e. The molecule has 0 bridgehead atoms. The normalized spacial score (nSPS) is 22.3. The van der Waals surface area contributed by atoms with Gasteiger partial charge < -0.3 is 9.80 Å². The van der Waals surface area contributed by atoms with Crippen molar-refractivity contribution >= 4 is 11.8 Å². The molecule has 5 rings (SSSR count). The van der Waals surface area contributed by atoms with Gasteiger partial charge >= 0.3 is 0 Å². The van der Waals surface area contributed by atoms with Gasteiger partial charge in [0.05, 0.1) is 24.0 Å². The second-order valence-electron chi connectivity index (χ2n) is 10.1. The molecular weight excluding hydrogens is 414 g/mol. The van der Waals surface area contributed by atoms with Gasteiger partial charge in [-0.05, 0) is 55.7 Å². The zero-order valence-corrected chi connectivity index (χ0v) is 19.6. The molecule has 176 valence electrons. The Bertz CT molecular complexity index is 994. The number of nitrogens with one attached hydrogen (secondary N) is 1. The van der Waals surface area contributed by atoms with Crippen LogP contribution in [0.25, 0.3) is 0 Å². The molecule has 0 spiro atoms. The van der Waals surface area contributed by atoms with Crippen molar-refractivity contribution in [2.75, 3.05) is 39.3 Å². The molecule has 0 unspecified atom stereocenters. The van der Waals surface area contributed by atoms with Gasteiger partial charge in [0.25, 0.3) is 5.91 Å². The SMILES string of the molecule is C[C@@H]1CCCN(CC(=O)N2CCC(c3[nH]ncc3C(=O)N3CCc4ccccc4C3)CC2)C1. The lowest BCUT2D eigenvalue weighted by Gasteiger charge is -2.35. The predicted molar refractivity (Wildman–Crippen MR) is 127 cm³/mol. The van der Waals surface area contributed by atoms with E-state index in [0.29, 0.717) is 24.6 Å². The Kier molecular flexibility index (Phi) is 6.49. The number of rotatable bonds is 4. The molecule has 0 saturated carbocycles. The number of carbonyl (C=O) groups is 2. The van der Waals surface area contributed by atoms with Crippen LogP contribution in [0.15, 0.2) is 30.5 Å². The number of hydrogen-bond donors (Lipinski definition) is 1. The number of hydrogen-bond acceptors (Lipinski definition) is 4. The van der Waals surface area contributed by atoms with Crippen LogP contribution < -0.4 is 0 Å². The predicted octanol–water partition coefficient (Wildman–Crippen LogP) is 3.05. The lowest BCUT2D eigenvalue weighted by molar-refractivity contribution is -0.133. The van der Waals surface area contributed by atoms with Crippen molar-refractivity contribution in [3.8, 4) is 0 Å². The smallest absolute Gasteiger partial charge is 0.257 e. The summed E-state index contributed by atoms with van der Waals surface area (Å²) in [5.41, 5.74) is 4.21. The third kappa shape index (κ3) is 4.83. The zero-order chi connectivity index (χ0) is 22.8. The van der Waals surface area contributed by atoms with Crippen LogP contribution in [-0.2, 0) is 17.8 Å². The quantitative estimate of drug-likeness (QED) is 0.779. The molecule has 1 atom stereocenters. The van der Waals surface area contributed by atoms with E-state index in [9.17, 15) is 9.59 Å². The summed E-state index contributed by atoms with van der Waals surface area (Å²) < 4.78 is 0. The maximum Gasteiger partial charge on any atom is 0.257 e. The van der Waals surface area contributed by atoms with Gasteiger partial charge in [0, 0.05) is 38.6 Å². The molecule has 1 aromatic heterocycles. The van der Waals surface area contributed by atoms with Gasteiger partial charge in [-0.15, -0.1) is 0 Å². The van der Waals surface area contributed by atoms with Crippen molar-refractivity contribution in [1.29, 1.82) is 0 Å². The van der Waals surface area contributed by atoms with E-state index in [-0.39, 0.29) is 17.7 Å². The molecule has 2 saturated heterocycles. The summed E-state index contributed by atoms with van der Waals surface area (Å²) in [7, 11) is 0. The third-order valence-corrected chi connectivity index (χ3v) is 7.67. The number of piperidine rings is 2.